The molecule has 0 N–H and O–H groups in total. The summed E-state index contributed by atoms with van der Waals surface area (Å²) in [6.45, 7) is 9.45. The van der Waals surface area contributed by atoms with Gasteiger partial charge in [0.15, 0.2) is 0 Å². The van der Waals surface area contributed by atoms with Crippen LogP contribution in [0.4, 0.5) is 0 Å². The number of aryl methyl sites for hydroxylation is 2. The number of hydrogen-bond acceptors (Lipinski definition) is 6. The summed E-state index contributed by atoms with van der Waals surface area (Å²) >= 11 is 3.13. The molecule has 0 radical (unpaired) electrons. The quantitative estimate of drug-likeness (QED) is 0.0720. The largest absolute Gasteiger partial charge is 0.462 e. The van der Waals surface area contributed by atoms with Gasteiger partial charge < -0.3 is 9.47 Å². The Bertz CT molecular complexity index is 1120. The molecule has 2 heterocycles. The molecule has 0 saturated carbocycles. The van der Waals surface area contributed by atoms with Crippen LogP contribution in [0.1, 0.15) is 173 Å². The first-order chi connectivity index (χ1) is 21.5. The summed E-state index contributed by atoms with van der Waals surface area (Å²) < 4.78 is 13.3. The summed E-state index contributed by atoms with van der Waals surface area (Å²) in [5.41, 5.74) is 1.21. The molecule has 0 aliphatic rings. The molecule has 3 aromatic rings. The van der Waals surface area contributed by atoms with Crippen LogP contribution in [0.2, 0.25) is 0 Å². The van der Waals surface area contributed by atoms with Crippen LogP contribution in [0.5, 0.6) is 0 Å². The fourth-order valence-corrected chi connectivity index (χ4v) is 8.20. The molecule has 6 heteroatoms. The van der Waals surface area contributed by atoms with E-state index in [9.17, 15) is 9.59 Å². The second-order valence-electron chi connectivity index (χ2n) is 12.6. The summed E-state index contributed by atoms with van der Waals surface area (Å²) in [6.07, 6.45) is 24.9. The van der Waals surface area contributed by atoms with E-state index < -0.39 is 0 Å². The van der Waals surface area contributed by atoms with Gasteiger partial charge in [-0.2, -0.15) is 0 Å². The van der Waals surface area contributed by atoms with Crippen molar-refractivity contribution in [3.05, 3.63) is 33.0 Å². The lowest BCUT2D eigenvalue weighted by atomic mass is 10.0. The lowest BCUT2D eigenvalue weighted by Gasteiger charge is -2.11. The van der Waals surface area contributed by atoms with E-state index in [-0.39, 0.29) is 11.9 Å². The van der Waals surface area contributed by atoms with Gasteiger partial charge in [-0.1, -0.05) is 129 Å². The average Bonchev–Trinajstić information content (AvgIpc) is 3.57. The maximum Gasteiger partial charge on any atom is 0.340 e. The Morgan fingerprint density at radius 2 is 0.795 bits per heavy atom. The molecule has 4 nitrogen and oxygen atoms in total. The predicted octanol–water partition coefficient (Wildman–Crippen LogP) is 12.9. The Morgan fingerprint density at radius 1 is 0.500 bits per heavy atom. The highest BCUT2D eigenvalue weighted by Crippen LogP contribution is 2.42. The summed E-state index contributed by atoms with van der Waals surface area (Å²) in [4.78, 5) is 29.1. The summed E-state index contributed by atoms with van der Waals surface area (Å²) in [6, 6.07) is 4.06. The number of fused-ring (bicyclic) bond motifs is 2. The van der Waals surface area contributed by atoms with E-state index in [0.29, 0.717) is 24.3 Å². The molecule has 0 unspecified atom stereocenters. The van der Waals surface area contributed by atoms with E-state index in [1.54, 1.807) is 22.7 Å². The third kappa shape index (κ3) is 11.8. The Kier molecular flexibility index (Phi) is 17.4. The fourth-order valence-electron chi connectivity index (χ4n) is 6.07. The van der Waals surface area contributed by atoms with E-state index in [0.717, 1.165) is 55.6 Å². The molecular weight excluding hydrogens is 585 g/mol. The average molecular weight is 643 g/mol. The van der Waals surface area contributed by atoms with Crippen LogP contribution in [-0.4, -0.2) is 25.2 Å². The monoisotopic (exact) mass is 642 g/mol. The number of ether oxygens (including phenoxy) is 2. The van der Waals surface area contributed by atoms with Gasteiger partial charge in [-0.05, 0) is 38.8 Å². The predicted molar refractivity (Wildman–Crippen MR) is 191 cm³/mol. The molecule has 0 spiro atoms. The van der Waals surface area contributed by atoms with Gasteiger partial charge in [-0.25, -0.2) is 9.59 Å². The van der Waals surface area contributed by atoms with Crippen LogP contribution < -0.4 is 0 Å². The number of unbranched alkanes of at least 4 members (excludes halogenated alkanes) is 18. The number of thiophene rings is 2. The highest BCUT2D eigenvalue weighted by Gasteiger charge is 2.27. The second kappa shape index (κ2) is 21.0. The van der Waals surface area contributed by atoms with Gasteiger partial charge in [-0.3, -0.25) is 0 Å². The van der Waals surface area contributed by atoms with Crippen molar-refractivity contribution in [1.82, 2.24) is 0 Å². The minimum Gasteiger partial charge on any atom is -0.462 e. The van der Waals surface area contributed by atoms with Crippen molar-refractivity contribution in [3.8, 4) is 0 Å². The zero-order chi connectivity index (χ0) is 31.6. The van der Waals surface area contributed by atoms with E-state index in [2.05, 4.69) is 13.8 Å². The third-order valence-corrected chi connectivity index (χ3v) is 10.7. The number of esters is 2. The summed E-state index contributed by atoms with van der Waals surface area (Å²) in [5.74, 6) is -0.554. The highest BCUT2D eigenvalue weighted by molar-refractivity contribution is 7.21. The first kappa shape index (κ1) is 36.5. The molecule has 0 bridgehead atoms. The molecular formula is C38H58O4S2. The molecule has 246 valence electrons. The van der Waals surface area contributed by atoms with Gasteiger partial charge in [0.1, 0.15) is 0 Å². The molecule has 0 aliphatic heterocycles. The van der Waals surface area contributed by atoms with Crippen LogP contribution in [0.3, 0.4) is 0 Å². The molecule has 0 aliphatic carbocycles. The Labute approximate surface area is 275 Å². The second-order valence-corrected chi connectivity index (χ2v) is 15.1. The van der Waals surface area contributed by atoms with E-state index >= 15 is 0 Å². The van der Waals surface area contributed by atoms with Crippen LogP contribution >= 0.6 is 22.7 Å². The smallest absolute Gasteiger partial charge is 0.340 e. The summed E-state index contributed by atoms with van der Waals surface area (Å²) in [7, 11) is 0. The first-order valence-corrected chi connectivity index (χ1v) is 19.4. The fraction of sp³-hybridized carbons (Fsp3) is 0.684. The zero-order valence-corrected chi connectivity index (χ0v) is 29.8. The van der Waals surface area contributed by atoms with Crippen LogP contribution in [0.25, 0.3) is 20.2 Å². The minimum absolute atomic E-state index is 0.277. The lowest BCUT2D eigenvalue weighted by molar-refractivity contribution is 0.0490. The Hall–Kier alpha value is -1.92. The highest BCUT2D eigenvalue weighted by atomic mass is 32.1. The van der Waals surface area contributed by atoms with Gasteiger partial charge in [0.05, 0.1) is 33.7 Å². The maximum atomic E-state index is 13.5. The normalized spacial score (nSPS) is 11.5. The number of carbonyl (C=O) groups is 2. The molecule has 0 saturated heterocycles. The number of benzene rings is 1. The lowest BCUT2D eigenvalue weighted by Crippen LogP contribution is -2.11. The standard InChI is InChI=1S/C38H58O4S2/c1-5-7-9-11-13-15-17-19-21-23-25-41-37(39)33-31-27-29(3)44-36(31)34(32-28-30(4)43-35(32)33)38(40)42-26-24-22-20-18-16-14-12-10-8-6-2/h27-28H,5-26H2,1-4H3. The van der Waals surface area contributed by atoms with Crippen molar-refractivity contribution in [2.24, 2.45) is 0 Å². The van der Waals surface area contributed by atoms with Crippen molar-refractivity contribution >= 4 is 54.8 Å². The van der Waals surface area contributed by atoms with Crippen molar-refractivity contribution < 1.29 is 19.1 Å². The van der Waals surface area contributed by atoms with Crippen LogP contribution in [0.15, 0.2) is 12.1 Å². The minimum atomic E-state index is -0.277. The van der Waals surface area contributed by atoms with Crippen LogP contribution in [0, 0.1) is 13.8 Å². The molecule has 1 aromatic carbocycles. The number of carbonyl (C=O) groups excluding carboxylic acids is 2. The van der Waals surface area contributed by atoms with E-state index in [4.69, 9.17) is 9.47 Å². The van der Waals surface area contributed by atoms with Crippen molar-refractivity contribution in [2.45, 2.75) is 156 Å². The van der Waals surface area contributed by atoms with E-state index in [1.165, 1.54) is 103 Å². The Morgan fingerprint density at radius 3 is 1.11 bits per heavy atom. The molecule has 0 amide bonds. The van der Waals surface area contributed by atoms with Crippen molar-refractivity contribution in [1.29, 1.82) is 0 Å². The van der Waals surface area contributed by atoms with Crippen LogP contribution in [-0.2, 0) is 9.47 Å². The van der Waals surface area contributed by atoms with Gasteiger partial charge >= 0.3 is 11.9 Å². The van der Waals surface area contributed by atoms with Gasteiger partial charge in [0, 0.05) is 20.5 Å². The zero-order valence-electron chi connectivity index (χ0n) is 28.2. The van der Waals surface area contributed by atoms with Gasteiger partial charge in [-0.15, -0.1) is 22.7 Å². The number of rotatable bonds is 24. The topological polar surface area (TPSA) is 52.6 Å². The Balaban J connectivity index is 1.53. The number of hydrogen-bond donors (Lipinski definition) is 0. The third-order valence-electron chi connectivity index (χ3n) is 8.57. The molecule has 2 aromatic heterocycles. The SMILES string of the molecule is CCCCCCCCCCCCOC(=O)c1c2cc(C)sc2c(C(=O)OCCCCCCCCCCCC)c2cc(C)sc12. The van der Waals surface area contributed by atoms with Gasteiger partial charge in [0.25, 0.3) is 0 Å². The molecule has 44 heavy (non-hydrogen) atoms. The van der Waals surface area contributed by atoms with Gasteiger partial charge in [0.2, 0.25) is 0 Å². The van der Waals surface area contributed by atoms with Crippen molar-refractivity contribution in [2.75, 3.05) is 13.2 Å². The summed E-state index contributed by atoms with van der Waals surface area (Å²) in [5, 5.41) is 1.64. The van der Waals surface area contributed by atoms with Crippen molar-refractivity contribution in [3.63, 3.8) is 0 Å². The molecule has 0 atom stereocenters. The first-order valence-electron chi connectivity index (χ1n) is 17.8. The molecule has 0 fully saturated rings. The molecule has 3 rings (SSSR count). The van der Waals surface area contributed by atoms with E-state index in [1.807, 2.05) is 26.0 Å². The maximum absolute atomic E-state index is 13.5.